The molecule has 0 bridgehead atoms. The van der Waals surface area contributed by atoms with E-state index < -0.39 is 0 Å². The van der Waals surface area contributed by atoms with Gasteiger partial charge in [0.15, 0.2) is 5.13 Å². The van der Waals surface area contributed by atoms with Crippen LogP contribution in [-0.2, 0) is 4.79 Å². The Balaban J connectivity index is 2.15. The van der Waals surface area contributed by atoms with Gasteiger partial charge in [0, 0.05) is 25.0 Å². The highest BCUT2D eigenvalue weighted by molar-refractivity contribution is 7.14. The monoisotopic (exact) mass is 275 g/mol. The molecule has 5 nitrogen and oxygen atoms in total. The summed E-state index contributed by atoms with van der Waals surface area (Å²) in [6.45, 7) is 1.40. The Morgan fingerprint density at radius 1 is 1.26 bits per heavy atom. The molecule has 0 unspecified atom stereocenters. The molecule has 1 aromatic carbocycles. The van der Waals surface area contributed by atoms with Crippen LogP contribution in [0.15, 0.2) is 35.7 Å². The molecule has 0 aliphatic rings. The fraction of sp³-hybridized carbons (Fsp3) is 0.154. The van der Waals surface area contributed by atoms with Crippen LogP contribution >= 0.6 is 11.3 Å². The van der Waals surface area contributed by atoms with E-state index in [4.69, 9.17) is 0 Å². The molecular weight excluding hydrogens is 262 g/mol. The van der Waals surface area contributed by atoms with Gasteiger partial charge in [-0.3, -0.25) is 9.59 Å². The number of thiazole rings is 1. The number of hydrogen-bond acceptors (Lipinski definition) is 4. The number of nitrogens with zero attached hydrogens (tertiary/aromatic N) is 2. The molecule has 0 fully saturated rings. The van der Waals surface area contributed by atoms with Gasteiger partial charge >= 0.3 is 0 Å². The van der Waals surface area contributed by atoms with Crippen molar-refractivity contribution in [3.05, 3.63) is 41.4 Å². The quantitative estimate of drug-likeness (QED) is 0.935. The lowest BCUT2D eigenvalue weighted by molar-refractivity contribution is -0.114. The van der Waals surface area contributed by atoms with Crippen LogP contribution in [0, 0.1) is 0 Å². The summed E-state index contributed by atoms with van der Waals surface area (Å²) in [7, 11) is 1.69. The number of carbonyl (C=O) groups is 2. The van der Waals surface area contributed by atoms with E-state index in [1.807, 2.05) is 30.3 Å². The summed E-state index contributed by atoms with van der Waals surface area (Å²) in [6.07, 6.45) is 0. The average Bonchev–Trinajstić information content (AvgIpc) is 2.85. The smallest absolute Gasteiger partial charge is 0.277 e. The molecule has 0 aliphatic carbocycles. The third-order valence-electron chi connectivity index (χ3n) is 2.45. The molecule has 2 amide bonds. The molecule has 6 heteroatoms. The van der Waals surface area contributed by atoms with Crippen molar-refractivity contribution in [1.29, 1.82) is 0 Å². The van der Waals surface area contributed by atoms with Crippen LogP contribution in [0.25, 0.3) is 0 Å². The first kappa shape index (κ1) is 13.2. The summed E-state index contributed by atoms with van der Waals surface area (Å²) in [6, 6.07) is 9.31. The van der Waals surface area contributed by atoms with Crippen LogP contribution in [0.4, 0.5) is 10.8 Å². The number of benzene rings is 1. The highest BCUT2D eigenvalue weighted by Crippen LogP contribution is 2.19. The number of para-hydroxylation sites is 1. The topological polar surface area (TPSA) is 62.3 Å². The Kier molecular flexibility index (Phi) is 3.91. The molecule has 0 atom stereocenters. The van der Waals surface area contributed by atoms with Gasteiger partial charge in [-0.05, 0) is 12.1 Å². The Hall–Kier alpha value is -2.21. The first-order valence-corrected chi connectivity index (χ1v) is 6.52. The summed E-state index contributed by atoms with van der Waals surface area (Å²) < 4.78 is 0. The van der Waals surface area contributed by atoms with Crippen molar-refractivity contribution in [2.75, 3.05) is 17.3 Å². The molecule has 0 aliphatic heterocycles. The van der Waals surface area contributed by atoms with E-state index in [2.05, 4.69) is 10.3 Å². The van der Waals surface area contributed by atoms with Gasteiger partial charge in [0.2, 0.25) is 5.91 Å². The van der Waals surface area contributed by atoms with Gasteiger partial charge in [0.05, 0.1) is 0 Å². The summed E-state index contributed by atoms with van der Waals surface area (Å²) in [5, 5.41) is 4.62. The van der Waals surface area contributed by atoms with E-state index in [9.17, 15) is 9.59 Å². The largest absolute Gasteiger partial charge is 0.310 e. The fourth-order valence-electron chi connectivity index (χ4n) is 1.52. The lowest BCUT2D eigenvalue weighted by Crippen LogP contribution is -2.26. The molecule has 98 valence electrons. The van der Waals surface area contributed by atoms with Gasteiger partial charge in [-0.1, -0.05) is 18.2 Å². The summed E-state index contributed by atoms with van der Waals surface area (Å²) in [5.74, 6) is -0.413. The molecule has 1 heterocycles. The number of nitrogens with one attached hydrogen (secondary N) is 1. The Labute approximate surface area is 114 Å². The van der Waals surface area contributed by atoms with Gasteiger partial charge in [0.25, 0.3) is 5.91 Å². The van der Waals surface area contributed by atoms with Crippen molar-refractivity contribution >= 4 is 34.0 Å². The Morgan fingerprint density at radius 3 is 2.58 bits per heavy atom. The van der Waals surface area contributed by atoms with E-state index >= 15 is 0 Å². The zero-order chi connectivity index (χ0) is 13.8. The fourth-order valence-corrected chi connectivity index (χ4v) is 2.25. The third kappa shape index (κ3) is 3.17. The lowest BCUT2D eigenvalue weighted by atomic mass is 10.3. The third-order valence-corrected chi connectivity index (χ3v) is 3.21. The van der Waals surface area contributed by atoms with Crippen molar-refractivity contribution in [1.82, 2.24) is 4.98 Å². The van der Waals surface area contributed by atoms with E-state index in [1.54, 1.807) is 12.4 Å². The minimum Gasteiger partial charge on any atom is -0.310 e. The van der Waals surface area contributed by atoms with Crippen LogP contribution in [0.1, 0.15) is 17.4 Å². The molecule has 2 rings (SSSR count). The van der Waals surface area contributed by atoms with Gasteiger partial charge in [-0.25, -0.2) is 4.98 Å². The number of rotatable bonds is 3. The van der Waals surface area contributed by atoms with Crippen LogP contribution in [-0.4, -0.2) is 23.8 Å². The SMILES string of the molecule is CC(=O)Nc1nc(C(=O)N(C)c2ccccc2)cs1. The van der Waals surface area contributed by atoms with Crippen LogP contribution < -0.4 is 10.2 Å². The first-order valence-electron chi connectivity index (χ1n) is 5.64. The molecule has 0 radical (unpaired) electrons. The molecule has 19 heavy (non-hydrogen) atoms. The number of carbonyl (C=O) groups excluding carboxylic acids is 2. The van der Waals surface area contributed by atoms with Crippen molar-refractivity contribution in [2.45, 2.75) is 6.92 Å². The van der Waals surface area contributed by atoms with E-state index in [-0.39, 0.29) is 11.8 Å². The number of amides is 2. The van der Waals surface area contributed by atoms with Crippen molar-refractivity contribution in [2.24, 2.45) is 0 Å². The standard InChI is InChI=1S/C13H13N3O2S/c1-9(17)14-13-15-11(8-19-13)12(18)16(2)10-6-4-3-5-7-10/h3-8H,1-2H3,(H,14,15,17). The Morgan fingerprint density at radius 2 is 1.95 bits per heavy atom. The predicted molar refractivity (Wildman–Crippen MR) is 75.6 cm³/mol. The van der Waals surface area contributed by atoms with E-state index in [0.29, 0.717) is 10.8 Å². The van der Waals surface area contributed by atoms with Gasteiger partial charge in [0.1, 0.15) is 5.69 Å². The maximum Gasteiger partial charge on any atom is 0.277 e. The summed E-state index contributed by atoms with van der Waals surface area (Å²) in [5.41, 5.74) is 1.11. The summed E-state index contributed by atoms with van der Waals surface area (Å²) >= 11 is 1.23. The highest BCUT2D eigenvalue weighted by atomic mass is 32.1. The van der Waals surface area contributed by atoms with Gasteiger partial charge in [-0.15, -0.1) is 11.3 Å². The van der Waals surface area contributed by atoms with Crippen LogP contribution in [0.3, 0.4) is 0 Å². The molecule has 0 saturated carbocycles. The molecule has 0 saturated heterocycles. The summed E-state index contributed by atoms with van der Waals surface area (Å²) in [4.78, 5) is 28.7. The second-order valence-electron chi connectivity index (χ2n) is 3.92. The maximum atomic E-state index is 12.2. The second kappa shape index (κ2) is 5.62. The normalized spacial score (nSPS) is 10.0. The molecule has 1 aromatic heterocycles. The van der Waals surface area contributed by atoms with Crippen LogP contribution in [0.5, 0.6) is 0 Å². The number of aromatic nitrogens is 1. The molecule has 2 aromatic rings. The minimum absolute atomic E-state index is 0.204. The minimum atomic E-state index is -0.209. The van der Waals surface area contributed by atoms with Gasteiger partial charge in [-0.2, -0.15) is 0 Å². The zero-order valence-electron chi connectivity index (χ0n) is 10.6. The van der Waals surface area contributed by atoms with Crippen molar-refractivity contribution in [3.63, 3.8) is 0 Å². The number of anilines is 2. The molecular formula is C13H13N3O2S. The highest BCUT2D eigenvalue weighted by Gasteiger charge is 2.16. The molecule has 1 N–H and O–H groups in total. The van der Waals surface area contributed by atoms with Crippen molar-refractivity contribution in [3.8, 4) is 0 Å². The molecule has 0 spiro atoms. The maximum absolute atomic E-state index is 12.2. The van der Waals surface area contributed by atoms with Gasteiger partial charge < -0.3 is 10.2 Å². The lowest BCUT2D eigenvalue weighted by Gasteiger charge is -2.15. The Bertz CT molecular complexity index is 595. The van der Waals surface area contributed by atoms with Crippen molar-refractivity contribution < 1.29 is 9.59 Å². The van der Waals surface area contributed by atoms with E-state index in [1.165, 1.54) is 23.2 Å². The predicted octanol–water partition coefficient (Wildman–Crippen LogP) is 2.38. The van der Waals surface area contributed by atoms with E-state index in [0.717, 1.165) is 5.69 Å². The second-order valence-corrected chi connectivity index (χ2v) is 4.78. The first-order chi connectivity index (χ1) is 9.08. The van der Waals surface area contributed by atoms with Crippen LogP contribution in [0.2, 0.25) is 0 Å². The average molecular weight is 275 g/mol. The zero-order valence-corrected chi connectivity index (χ0v) is 11.4. The number of hydrogen-bond donors (Lipinski definition) is 1.